The van der Waals surface area contributed by atoms with Gasteiger partial charge in [-0.2, -0.15) is 0 Å². The van der Waals surface area contributed by atoms with E-state index in [9.17, 15) is 0 Å². The van der Waals surface area contributed by atoms with E-state index in [0.29, 0.717) is 12.0 Å². The van der Waals surface area contributed by atoms with Crippen molar-refractivity contribution >= 4 is 0 Å². The minimum atomic E-state index is 0.574. The molecular weight excluding hydrogens is 226 g/mol. The first-order chi connectivity index (χ1) is 8.79. The van der Waals surface area contributed by atoms with Crippen molar-refractivity contribution in [1.29, 1.82) is 0 Å². The van der Waals surface area contributed by atoms with Gasteiger partial charge in [0, 0.05) is 19.2 Å². The molecule has 1 N–H and O–H groups in total. The molecule has 0 saturated carbocycles. The van der Waals surface area contributed by atoms with Crippen LogP contribution in [0.3, 0.4) is 0 Å². The number of hydrogen-bond donors (Lipinski definition) is 1. The first-order valence-electron chi connectivity index (χ1n) is 6.82. The molecule has 0 radical (unpaired) electrons. The van der Waals surface area contributed by atoms with Crippen molar-refractivity contribution in [3.05, 3.63) is 29.8 Å². The molecule has 0 aliphatic carbocycles. The molecule has 1 aliphatic heterocycles. The first kappa shape index (κ1) is 13.4. The molecule has 3 nitrogen and oxygen atoms in total. The molecule has 3 heteroatoms. The van der Waals surface area contributed by atoms with E-state index in [2.05, 4.69) is 24.4 Å². The molecule has 2 rings (SSSR count). The maximum atomic E-state index is 5.45. The van der Waals surface area contributed by atoms with E-state index in [-0.39, 0.29) is 0 Å². The average molecular weight is 249 g/mol. The third-order valence-corrected chi connectivity index (χ3v) is 3.44. The quantitative estimate of drug-likeness (QED) is 0.870. The van der Waals surface area contributed by atoms with Gasteiger partial charge in [-0.25, -0.2) is 0 Å². The van der Waals surface area contributed by atoms with Crippen molar-refractivity contribution in [1.82, 2.24) is 5.32 Å². The van der Waals surface area contributed by atoms with Crippen molar-refractivity contribution in [2.24, 2.45) is 5.92 Å². The summed E-state index contributed by atoms with van der Waals surface area (Å²) in [5.41, 5.74) is 1.30. The summed E-state index contributed by atoms with van der Waals surface area (Å²) in [6.07, 6.45) is 1.11. The smallest absolute Gasteiger partial charge is 0.119 e. The van der Waals surface area contributed by atoms with Gasteiger partial charge in [0.15, 0.2) is 0 Å². The Morgan fingerprint density at radius 1 is 1.33 bits per heavy atom. The molecule has 2 unspecified atom stereocenters. The molecule has 1 aromatic rings. The molecule has 0 spiro atoms. The van der Waals surface area contributed by atoms with E-state index in [1.165, 1.54) is 5.56 Å². The zero-order valence-corrected chi connectivity index (χ0v) is 11.3. The molecule has 1 fully saturated rings. The fraction of sp³-hybridized carbons (Fsp3) is 0.600. The minimum absolute atomic E-state index is 0.574. The van der Waals surface area contributed by atoms with Gasteiger partial charge >= 0.3 is 0 Å². The second-order valence-electron chi connectivity index (χ2n) is 4.91. The van der Waals surface area contributed by atoms with Crippen LogP contribution in [0.4, 0.5) is 0 Å². The van der Waals surface area contributed by atoms with Gasteiger partial charge < -0.3 is 14.8 Å². The van der Waals surface area contributed by atoms with Crippen LogP contribution < -0.4 is 10.1 Å². The molecule has 18 heavy (non-hydrogen) atoms. The maximum absolute atomic E-state index is 5.45. The van der Waals surface area contributed by atoms with E-state index in [1.54, 1.807) is 0 Å². The summed E-state index contributed by atoms with van der Waals surface area (Å²) in [7, 11) is 0. The van der Waals surface area contributed by atoms with Crippen LogP contribution in [0.1, 0.15) is 25.8 Å². The average Bonchev–Trinajstić information content (AvgIpc) is 2.40. The summed E-state index contributed by atoms with van der Waals surface area (Å²) < 4.78 is 10.9. The summed E-state index contributed by atoms with van der Waals surface area (Å²) in [5.74, 6) is 1.54. The lowest BCUT2D eigenvalue weighted by Gasteiger charge is -2.29. The summed E-state index contributed by atoms with van der Waals surface area (Å²) >= 11 is 0. The molecule has 1 aliphatic rings. The monoisotopic (exact) mass is 249 g/mol. The number of hydrogen-bond acceptors (Lipinski definition) is 3. The molecule has 2 atom stereocenters. The molecule has 0 amide bonds. The summed E-state index contributed by atoms with van der Waals surface area (Å²) in [6, 6.07) is 8.90. The van der Waals surface area contributed by atoms with Crippen LogP contribution in [-0.2, 0) is 11.3 Å². The predicted molar refractivity (Wildman–Crippen MR) is 72.8 cm³/mol. The van der Waals surface area contributed by atoms with Gasteiger partial charge in [0.05, 0.1) is 13.2 Å². The fourth-order valence-corrected chi connectivity index (χ4v) is 2.30. The van der Waals surface area contributed by atoms with Crippen LogP contribution in [0, 0.1) is 5.92 Å². The Morgan fingerprint density at radius 3 is 2.78 bits per heavy atom. The SMILES string of the molecule is CCOc1ccc(CNC2CCOCC2C)cc1. The number of ether oxygens (including phenoxy) is 2. The van der Waals surface area contributed by atoms with E-state index < -0.39 is 0 Å². The van der Waals surface area contributed by atoms with Crippen LogP contribution >= 0.6 is 0 Å². The molecular formula is C15H23NO2. The lowest BCUT2D eigenvalue weighted by molar-refractivity contribution is 0.0386. The Morgan fingerprint density at radius 2 is 2.11 bits per heavy atom. The van der Waals surface area contributed by atoms with Gasteiger partial charge in [-0.3, -0.25) is 0 Å². The normalized spacial score (nSPS) is 23.9. The molecule has 1 heterocycles. The lowest BCUT2D eigenvalue weighted by Crippen LogP contribution is -2.40. The molecule has 0 bridgehead atoms. The summed E-state index contributed by atoms with van der Waals surface area (Å²) in [5, 5.41) is 3.62. The summed E-state index contributed by atoms with van der Waals surface area (Å²) in [4.78, 5) is 0. The highest BCUT2D eigenvalue weighted by Crippen LogP contribution is 2.16. The Labute approximate surface area is 109 Å². The van der Waals surface area contributed by atoms with Gasteiger partial charge in [-0.1, -0.05) is 19.1 Å². The molecule has 0 aromatic heterocycles. The highest BCUT2D eigenvalue weighted by atomic mass is 16.5. The van der Waals surface area contributed by atoms with Crippen molar-refractivity contribution in [3.8, 4) is 5.75 Å². The van der Waals surface area contributed by atoms with Gasteiger partial charge in [-0.15, -0.1) is 0 Å². The van der Waals surface area contributed by atoms with Crippen LogP contribution in [0.15, 0.2) is 24.3 Å². The maximum Gasteiger partial charge on any atom is 0.119 e. The third-order valence-electron chi connectivity index (χ3n) is 3.44. The van der Waals surface area contributed by atoms with Gasteiger partial charge in [0.25, 0.3) is 0 Å². The Kier molecular flexibility index (Phi) is 5.02. The van der Waals surface area contributed by atoms with E-state index in [4.69, 9.17) is 9.47 Å². The van der Waals surface area contributed by atoms with Crippen LogP contribution in [0.25, 0.3) is 0 Å². The second kappa shape index (κ2) is 6.76. The van der Waals surface area contributed by atoms with E-state index in [1.807, 2.05) is 19.1 Å². The highest BCUT2D eigenvalue weighted by molar-refractivity contribution is 5.27. The summed E-state index contributed by atoms with van der Waals surface area (Å²) in [6.45, 7) is 7.64. The number of nitrogens with one attached hydrogen (secondary N) is 1. The van der Waals surface area contributed by atoms with Crippen molar-refractivity contribution < 1.29 is 9.47 Å². The second-order valence-corrected chi connectivity index (χ2v) is 4.91. The largest absolute Gasteiger partial charge is 0.494 e. The van der Waals surface area contributed by atoms with Gasteiger partial charge in [-0.05, 0) is 37.0 Å². The van der Waals surface area contributed by atoms with E-state index in [0.717, 1.165) is 38.5 Å². The van der Waals surface area contributed by atoms with Crippen LogP contribution in [0.2, 0.25) is 0 Å². The fourth-order valence-electron chi connectivity index (χ4n) is 2.30. The zero-order chi connectivity index (χ0) is 12.8. The lowest BCUT2D eigenvalue weighted by atomic mass is 9.97. The Hall–Kier alpha value is -1.06. The van der Waals surface area contributed by atoms with Crippen LogP contribution in [-0.4, -0.2) is 25.9 Å². The number of rotatable bonds is 5. The minimum Gasteiger partial charge on any atom is -0.494 e. The Bertz CT molecular complexity index is 350. The van der Waals surface area contributed by atoms with Gasteiger partial charge in [0.1, 0.15) is 5.75 Å². The van der Waals surface area contributed by atoms with Crippen molar-refractivity contribution in [2.75, 3.05) is 19.8 Å². The third kappa shape index (κ3) is 3.72. The highest BCUT2D eigenvalue weighted by Gasteiger charge is 2.20. The van der Waals surface area contributed by atoms with Crippen molar-refractivity contribution in [2.45, 2.75) is 32.9 Å². The first-order valence-corrected chi connectivity index (χ1v) is 6.82. The number of benzene rings is 1. The van der Waals surface area contributed by atoms with Crippen molar-refractivity contribution in [3.63, 3.8) is 0 Å². The standard InChI is InChI=1S/C15H23NO2/c1-3-18-14-6-4-13(5-7-14)10-16-15-8-9-17-11-12(15)2/h4-7,12,15-16H,3,8-11H2,1-2H3. The molecule has 1 saturated heterocycles. The van der Waals surface area contributed by atoms with E-state index >= 15 is 0 Å². The van der Waals surface area contributed by atoms with Crippen LogP contribution in [0.5, 0.6) is 5.75 Å². The predicted octanol–water partition coefficient (Wildman–Crippen LogP) is 2.60. The Balaban J connectivity index is 1.82. The van der Waals surface area contributed by atoms with Gasteiger partial charge in [0.2, 0.25) is 0 Å². The topological polar surface area (TPSA) is 30.5 Å². The molecule has 1 aromatic carbocycles. The zero-order valence-electron chi connectivity index (χ0n) is 11.3. The molecule has 100 valence electrons.